The zero-order valence-electron chi connectivity index (χ0n) is 12.4. The van der Waals surface area contributed by atoms with Crippen molar-refractivity contribution in [3.8, 4) is 0 Å². The molecule has 1 aromatic rings. The molecule has 0 aliphatic carbocycles. The van der Waals surface area contributed by atoms with Crippen LogP contribution in [0.4, 0.5) is 0 Å². The Morgan fingerprint density at radius 1 is 1.30 bits per heavy atom. The summed E-state index contributed by atoms with van der Waals surface area (Å²) < 4.78 is 5.24. The molecule has 1 amide bonds. The van der Waals surface area contributed by atoms with Crippen LogP contribution < -0.4 is 5.32 Å². The van der Waals surface area contributed by atoms with Crippen molar-refractivity contribution in [2.24, 2.45) is 0 Å². The Labute approximate surface area is 119 Å². The maximum absolute atomic E-state index is 11.5. The molecule has 1 spiro atoms. The number of hydrogen-bond acceptors (Lipinski definition) is 4. The van der Waals surface area contributed by atoms with Gasteiger partial charge in [-0.25, -0.2) is 0 Å². The molecular weight excluding hydrogens is 254 g/mol. The van der Waals surface area contributed by atoms with E-state index in [1.54, 1.807) is 0 Å². The predicted molar refractivity (Wildman–Crippen MR) is 75.2 cm³/mol. The molecule has 2 saturated heterocycles. The van der Waals surface area contributed by atoms with Gasteiger partial charge in [0.25, 0.3) is 0 Å². The molecule has 0 aromatic carbocycles. The number of carbonyl (C=O) groups is 1. The highest BCUT2D eigenvalue weighted by Gasteiger charge is 2.38. The van der Waals surface area contributed by atoms with E-state index in [1.165, 1.54) is 5.56 Å². The van der Waals surface area contributed by atoms with Gasteiger partial charge in [-0.2, -0.15) is 0 Å². The molecule has 0 bridgehead atoms. The minimum Gasteiger partial charge on any atom is -0.361 e. The van der Waals surface area contributed by atoms with Crippen LogP contribution in [-0.4, -0.2) is 34.6 Å². The van der Waals surface area contributed by atoms with Gasteiger partial charge >= 0.3 is 0 Å². The summed E-state index contributed by atoms with van der Waals surface area (Å²) >= 11 is 0. The summed E-state index contributed by atoms with van der Waals surface area (Å²) in [5.41, 5.74) is 2.29. The van der Waals surface area contributed by atoms with E-state index in [9.17, 15) is 4.79 Å². The molecule has 2 aliphatic heterocycles. The van der Waals surface area contributed by atoms with Crippen LogP contribution >= 0.6 is 0 Å². The van der Waals surface area contributed by atoms with Crippen LogP contribution in [0.25, 0.3) is 0 Å². The normalized spacial score (nSPS) is 27.8. The second kappa shape index (κ2) is 5.20. The fourth-order valence-electron chi connectivity index (χ4n) is 3.51. The van der Waals surface area contributed by atoms with Crippen molar-refractivity contribution in [3.05, 3.63) is 17.0 Å². The number of carbonyl (C=O) groups excluding carboxylic acids is 1. The van der Waals surface area contributed by atoms with Gasteiger partial charge in [0.05, 0.1) is 5.69 Å². The molecule has 2 aliphatic rings. The van der Waals surface area contributed by atoms with Gasteiger partial charge < -0.3 is 9.84 Å². The number of aryl methyl sites for hydroxylation is 2. The Balaban J connectivity index is 1.65. The van der Waals surface area contributed by atoms with Crippen LogP contribution in [0.3, 0.4) is 0 Å². The molecular formula is C15H23N3O2. The summed E-state index contributed by atoms with van der Waals surface area (Å²) in [7, 11) is 0. The summed E-state index contributed by atoms with van der Waals surface area (Å²) in [6, 6.07) is 0. The van der Waals surface area contributed by atoms with E-state index in [0.29, 0.717) is 6.42 Å². The van der Waals surface area contributed by atoms with Crippen molar-refractivity contribution < 1.29 is 9.32 Å². The lowest BCUT2D eigenvalue weighted by Gasteiger charge is -2.27. The van der Waals surface area contributed by atoms with Crippen molar-refractivity contribution in [2.75, 3.05) is 13.1 Å². The average molecular weight is 277 g/mol. The summed E-state index contributed by atoms with van der Waals surface area (Å²) in [5.74, 6) is 1.15. The number of aromatic nitrogens is 1. The SMILES string of the molecule is Cc1noc(C)c1CN1CCCC2(CCC(=O)N2)CC1. The quantitative estimate of drug-likeness (QED) is 0.897. The largest absolute Gasteiger partial charge is 0.361 e. The third kappa shape index (κ3) is 2.59. The van der Waals surface area contributed by atoms with Gasteiger partial charge in [-0.3, -0.25) is 9.69 Å². The van der Waals surface area contributed by atoms with Gasteiger partial charge in [-0.1, -0.05) is 5.16 Å². The zero-order valence-corrected chi connectivity index (χ0v) is 12.4. The van der Waals surface area contributed by atoms with Gasteiger partial charge in [0.15, 0.2) is 0 Å². The lowest BCUT2D eigenvalue weighted by atomic mass is 9.89. The lowest BCUT2D eigenvalue weighted by molar-refractivity contribution is -0.119. The molecule has 1 aromatic heterocycles. The Kier molecular flexibility index (Phi) is 3.54. The van der Waals surface area contributed by atoms with Crippen molar-refractivity contribution in [1.29, 1.82) is 0 Å². The van der Waals surface area contributed by atoms with Gasteiger partial charge in [-0.15, -0.1) is 0 Å². The van der Waals surface area contributed by atoms with Crippen LogP contribution in [0.15, 0.2) is 4.52 Å². The molecule has 5 heteroatoms. The Hall–Kier alpha value is -1.36. The first-order valence-electron chi connectivity index (χ1n) is 7.53. The van der Waals surface area contributed by atoms with Crippen LogP contribution in [0.1, 0.15) is 49.1 Å². The van der Waals surface area contributed by atoms with E-state index in [4.69, 9.17) is 4.52 Å². The molecule has 5 nitrogen and oxygen atoms in total. The predicted octanol–water partition coefficient (Wildman–Crippen LogP) is 1.93. The first-order valence-corrected chi connectivity index (χ1v) is 7.53. The molecule has 20 heavy (non-hydrogen) atoms. The van der Waals surface area contributed by atoms with Gasteiger partial charge in [0.1, 0.15) is 5.76 Å². The third-order valence-corrected chi connectivity index (χ3v) is 4.83. The summed E-state index contributed by atoms with van der Waals surface area (Å²) in [6.45, 7) is 7.01. The van der Waals surface area contributed by atoms with Crippen molar-refractivity contribution in [3.63, 3.8) is 0 Å². The third-order valence-electron chi connectivity index (χ3n) is 4.83. The first-order chi connectivity index (χ1) is 9.58. The molecule has 110 valence electrons. The standard InChI is InChI=1S/C15H23N3O2/c1-11-13(12(2)20-17-11)10-18-8-3-5-15(7-9-18)6-4-14(19)16-15/h3-10H2,1-2H3,(H,16,19). The van der Waals surface area contributed by atoms with E-state index < -0.39 is 0 Å². The zero-order chi connectivity index (χ0) is 14.2. The molecule has 2 fully saturated rings. The minimum absolute atomic E-state index is 0.0740. The van der Waals surface area contributed by atoms with Crippen LogP contribution in [0.2, 0.25) is 0 Å². The number of nitrogens with zero attached hydrogens (tertiary/aromatic N) is 2. The lowest BCUT2D eigenvalue weighted by Crippen LogP contribution is -2.42. The molecule has 1 atom stereocenters. The average Bonchev–Trinajstić information content (AvgIpc) is 2.85. The van der Waals surface area contributed by atoms with Crippen LogP contribution in [0, 0.1) is 13.8 Å². The Morgan fingerprint density at radius 2 is 2.15 bits per heavy atom. The first kappa shape index (κ1) is 13.6. The van der Waals surface area contributed by atoms with Crippen LogP contribution in [0.5, 0.6) is 0 Å². The Morgan fingerprint density at radius 3 is 2.80 bits per heavy atom. The second-order valence-electron chi connectivity index (χ2n) is 6.26. The van der Waals surface area contributed by atoms with Gasteiger partial charge in [-0.05, 0) is 46.1 Å². The number of likely N-dealkylation sites (tertiary alicyclic amines) is 1. The van der Waals surface area contributed by atoms with E-state index in [-0.39, 0.29) is 11.4 Å². The highest BCUT2D eigenvalue weighted by atomic mass is 16.5. The van der Waals surface area contributed by atoms with Gasteiger partial charge in [0.2, 0.25) is 5.91 Å². The minimum atomic E-state index is 0.0740. The molecule has 1 N–H and O–H groups in total. The molecule has 0 radical (unpaired) electrons. The van der Waals surface area contributed by atoms with E-state index in [1.807, 2.05) is 13.8 Å². The van der Waals surface area contributed by atoms with Crippen molar-refractivity contribution in [2.45, 2.75) is 58.0 Å². The summed E-state index contributed by atoms with van der Waals surface area (Å²) in [5, 5.41) is 7.24. The maximum Gasteiger partial charge on any atom is 0.220 e. The van der Waals surface area contributed by atoms with Crippen molar-refractivity contribution in [1.82, 2.24) is 15.4 Å². The monoisotopic (exact) mass is 277 g/mol. The number of hydrogen-bond donors (Lipinski definition) is 1. The number of nitrogens with one attached hydrogen (secondary N) is 1. The number of amides is 1. The highest BCUT2D eigenvalue weighted by Crippen LogP contribution is 2.32. The second-order valence-corrected chi connectivity index (χ2v) is 6.26. The molecule has 3 rings (SSSR count). The fourth-order valence-corrected chi connectivity index (χ4v) is 3.51. The smallest absolute Gasteiger partial charge is 0.220 e. The highest BCUT2D eigenvalue weighted by molar-refractivity contribution is 5.79. The summed E-state index contributed by atoms with van der Waals surface area (Å²) in [4.78, 5) is 14.0. The van der Waals surface area contributed by atoms with Crippen molar-refractivity contribution >= 4 is 5.91 Å². The topological polar surface area (TPSA) is 58.4 Å². The van der Waals surface area contributed by atoms with Crippen LogP contribution in [-0.2, 0) is 11.3 Å². The molecule has 1 unspecified atom stereocenters. The van der Waals surface area contributed by atoms with Gasteiger partial charge in [0, 0.05) is 30.6 Å². The molecule has 0 saturated carbocycles. The number of rotatable bonds is 2. The Bertz CT molecular complexity index is 492. The van der Waals surface area contributed by atoms with E-state index >= 15 is 0 Å². The van der Waals surface area contributed by atoms with E-state index in [2.05, 4.69) is 15.4 Å². The maximum atomic E-state index is 11.5. The fraction of sp³-hybridized carbons (Fsp3) is 0.733. The van der Waals surface area contributed by atoms with E-state index in [0.717, 1.165) is 56.8 Å². The summed E-state index contributed by atoms with van der Waals surface area (Å²) in [6.07, 6.45) is 5.01. The molecule has 3 heterocycles.